The number of rotatable bonds is 5. The largest absolute Gasteiger partial charge is 0.299 e. The second-order valence-electron chi connectivity index (χ2n) is 5.30. The van der Waals surface area contributed by atoms with Crippen LogP contribution in [0.4, 0.5) is 0 Å². The first-order valence-corrected chi connectivity index (χ1v) is 7.70. The Balaban J connectivity index is 2.00. The van der Waals surface area contributed by atoms with Crippen LogP contribution < -0.4 is 0 Å². The quantitative estimate of drug-likeness (QED) is 0.830. The van der Waals surface area contributed by atoms with Gasteiger partial charge in [-0.25, -0.2) is 0 Å². The van der Waals surface area contributed by atoms with Gasteiger partial charge in [0.1, 0.15) is 0 Å². The van der Waals surface area contributed by atoms with Crippen LogP contribution in [0.3, 0.4) is 0 Å². The highest BCUT2D eigenvalue weighted by Gasteiger charge is 2.12. The molecule has 104 valence electrons. The summed E-state index contributed by atoms with van der Waals surface area (Å²) in [6.45, 7) is 5.26. The molecule has 0 saturated heterocycles. The smallest absolute Gasteiger partial charge is 0.0991 e. The number of thiophene rings is 1. The summed E-state index contributed by atoms with van der Waals surface area (Å²) >= 11 is 1.82. The van der Waals surface area contributed by atoms with Crippen molar-refractivity contribution in [3.63, 3.8) is 0 Å². The molecule has 1 unspecified atom stereocenters. The van der Waals surface area contributed by atoms with E-state index in [1.54, 1.807) is 0 Å². The van der Waals surface area contributed by atoms with Gasteiger partial charge in [-0.1, -0.05) is 12.1 Å². The van der Waals surface area contributed by atoms with E-state index in [4.69, 9.17) is 5.26 Å². The van der Waals surface area contributed by atoms with E-state index in [-0.39, 0.29) is 0 Å². The molecule has 0 aliphatic heterocycles. The number of hydrogen-bond donors (Lipinski definition) is 0. The van der Waals surface area contributed by atoms with Crippen molar-refractivity contribution in [1.82, 2.24) is 4.90 Å². The van der Waals surface area contributed by atoms with E-state index in [0.29, 0.717) is 6.04 Å². The average Bonchev–Trinajstić information content (AvgIpc) is 2.93. The van der Waals surface area contributed by atoms with Crippen molar-refractivity contribution in [3.05, 3.63) is 57.3 Å². The Morgan fingerprint density at radius 2 is 2.15 bits per heavy atom. The van der Waals surface area contributed by atoms with Gasteiger partial charge in [0, 0.05) is 17.5 Å². The Bertz CT molecular complexity index is 596. The van der Waals surface area contributed by atoms with E-state index < -0.39 is 0 Å². The fourth-order valence-corrected chi connectivity index (χ4v) is 3.07. The Morgan fingerprint density at radius 1 is 1.35 bits per heavy atom. The SMILES string of the molecule is Cc1cc(C#N)ccc1CN(C)C(C)Cc1cccs1. The van der Waals surface area contributed by atoms with Crippen LogP contribution in [0.25, 0.3) is 0 Å². The number of likely N-dealkylation sites (N-methyl/N-ethyl adjacent to an activating group) is 1. The molecule has 0 radical (unpaired) electrons. The summed E-state index contributed by atoms with van der Waals surface area (Å²) in [7, 11) is 2.16. The van der Waals surface area contributed by atoms with E-state index in [2.05, 4.69) is 55.4 Å². The lowest BCUT2D eigenvalue weighted by Crippen LogP contribution is -2.30. The zero-order valence-corrected chi connectivity index (χ0v) is 13.1. The zero-order chi connectivity index (χ0) is 14.5. The van der Waals surface area contributed by atoms with E-state index in [1.807, 2.05) is 23.5 Å². The molecule has 0 N–H and O–H groups in total. The molecular weight excluding hydrogens is 264 g/mol. The second kappa shape index (κ2) is 6.69. The third-order valence-electron chi connectivity index (χ3n) is 3.72. The number of nitrogens with zero attached hydrogens (tertiary/aromatic N) is 2. The van der Waals surface area contributed by atoms with Crippen molar-refractivity contribution in [2.45, 2.75) is 32.9 Å². The molecular formula is C17H20N2S. The van der Waals surface area contributed by atoms with Gasteiger partial charge in [0.05, 0.1) is 11.6 Å². The topological polar surface area (TPSA) is 27.0 Å². The molecule has 0 spiro atoms. The first-order valence-electron chi connectivity index (χ1n) is 6.82. The first-order chi connectivity index (χ1) is 9.60. The molecule has 1 aromatic heterocycles. The Labute approximate surface area is 125 Å². The van der Waals surface area contributed by atoms with Gasteiger partial charge < -0.3 is 0 Å². The minimum atomic E-state index is 0.503. The molecule has 20 heavy (non-hydrogen) atoms. The Kier molecular flexibility index (Phi) is 4.94. The van der Waals surface area contributed by atoms with Crippen molar-refractivity contribution < 1.29 is 0 Å². The molecule has 0 fully saturated rings. The second-order valence-corrected chi connectivity index (χ2v) is 6.33. The summed E-state index contributed by atoms with van der Waals surface area (Å²) < 4.78 is 0. The highest BCUT2D eigenvalue weighted by Crippen LogP contribution is 2.17. The monoisotopic (exact) mass is 284 g/mol. The van der Waals surface area contributed by atoms with E-state index in [9.17, 15) is 0 Å². The van der Waals surface area contributed by atoms with Gasteiger partial charge in [0.15, 0.2) is 0 Å². The molecule has 0 bridgehead atoms. The Hall–Kier alpha value is -1.63. The molecule has 3 heteroatoms. The van der Waals surface area contributed by atoms with Gasteiger partial charge in [0.25, 0.3) is 0 Å². The van der Waals surface area contributed by atoms with Crippen molar-refractivity contribution in [3.8, 4) is 6.07 Å². The molecule has 1 atom stereocenters. The first kappa shape index (κ1) is 14.8. The summed E-state index contributed by atoms with van der Waals surface area (Å²) in [6.07, 6.45) is 1.09. The van der Waals surface area contributed by atoms with Crippen LogP contribution in [-0.4, -0.2) is 18.0 Å². The normalized spacial score (nSPS) is 12.3. The minimum absolute atomic E-state index is 0.503. The van der Waals surface area contributed by atoms with Crippen LogP contribution in [0.15, 0.2) is 35.7 Å². The van der Waals surface area contributed by atoms with Gasteiger partial charge >= 0.3 is 0 Å². The fraction of sp³-hybridized carbons (Fsp3) is 0.353. The van der Waals surface area contributed by atoms with Crippen LogP contribution >= 0.6 is 11.3 Å². The number of hydrogen-bond acceptors (Lipinski definition) is 3. The number of nitriles is 1. The fourth-order valence-electron chi connectivity index (χ4n) is 2.24. The molecule has 0 aliphatic rings. The highest BCUT2D eigenvalue weighted by atomic mass is 32.1. The summed E-state index contributed by atoms with van der Waals surface area (Å²) in [6, 6.07) is 12.9. The Morgan fingerprint density at radius 3 is 2.75 bits per heavy atom. The summed E-state index contributed by atoms with van der Waals surface area (Å²) in [4.78, 5) is 3.80. The van der Waals surface area contributed by atoms with Crippen LogP contribution in [-0.2, 0) is 13.0 Å². The predicted molar refractivity (Wildman–Crippen MR) is 84.8 cm³/mol. The summed E-state index contributed by atoms with van der Waals surface area (Å²) in [5.74, 6) is 0. The average molecular weight is 284 g/mol. The van der Waals surface area contributed by atoms with Crippen molar-refractivity contribution in [2.24, 2.45) is 0 Å². The lowest BCUT2D eigenvalue weighted by atomic mass is 10.0. The zero-order valence-electron chi connectivity index (χ0n) is 12.3. The van der Waals surface area contributed by atoms with Crippen LogP contribution in [0.2, 0.25) is 0 Å². The van der Waals surface area contributed by atoms with Gasteiger partial charge in [-0.3, -0.25) is 4.90 Å². The molecule has 2 nitrogen and oxygen atoms in total. The predicted octanol–water partition coefficient (Wildman–Crippen LogP) is 3.99. The third-order valence-corrected chi connectivity index (χ3v) is 4.62. The van der Waals surface area contributed by atoms with E-state index in [1.165, 1.54) is 16.0 Å². The van der Waals surface area contributed by atoms with Crippen molar-refractivity contribution in [2.75, 3.05) is 7.05 Å². The van der Waals surface area contributed by atoms with Gasteiger partial charge in [0.2, 0.25) is 0 Å². The molecule has 2 aromatic rings. The van der Waals surface area contributed by atoms with E-state index in [0.717, 1.165) is 18.5 Å². The third kappa shape index (κ3) is 3.69. The maximum absolute atomic E-state index is 8.91. The lowest BCUT2D eigenvalue weighted by molar-refractivity contribution is 0.248. The number of aryl methyl sites for hydroxylation is 1. The van der Waals surface area contributed by atoms with Crippen molar-refractivity contribution >= 4 is 11.3 Å². The molecule has 1 heterocycles. The maximum Gasteiger partial charge on any atom is 0.0991 e. The summed E-state index contributed by atoms with van der Waals surface area (Å²) in [5.41, 5.74) is 3.23. The molecule has 0 amide bonds. The highest BCUT2D eigenvalue weighted by molar-refractivity contribution is 7.09. The molecule has 0 saturated carbocycles. The van der Waals surface area contributed by atoms with Crippen LogP contribution in [0.1, 0.15) is 28.5 Å². The standard InChI is InChI=1S/C17H20N2S/c1-13-9-15(11-18)6-7-16(13)12-19(3)14(2)10-17-5-4-8-20-17/h4-9,14H,10,12H2,1-3H3. The maximum atomic E-state index is 8.91. The van der Waals surface area contributed by atoms with Crippen LogP contribution in [0, 0.1) is 18.3 Å². The van der Waals surface area contributed by atoms with E-state index >= 15 is 0 Å². The molecule has 0 aliphatic carbocycles. The van der Waals surface area contributed by atoms with Gasteiger partial charge in [-0.05, 0) is 62.0 Å². The minimum Gasteiger partial charge on any atom is -0.299 e. The molecule has 2 rings (SSSR count). The number of benzene rings is 1. The summed E-state index contributed by atoms with van der Waals surface area (Å²) in [5, 5.41) is 11.0. The van der Waals surface area contributed by atoms with Crippen molar-refractivity contribution in [1.29, 1.82) is 5.26 Å². The van der Waals surface area contributed by atoms with Crippen LogP contribution in [0.5, 0.6) is 0 Å². The molecule has 1 aromatic carbocycles. The van der Waals surface area contributed by atoms with Gasteiger partial charge in [-0.2, -0.15) is 5.26 Å². The van der Waals surface area contributed by atoms with Gasteiger partial charge in [-0.15, -0.1) is 11.3 Å². The lowest BCUT2D eigenvalue weighted by Gasteiger charge is -2.25.